The monoisotopic (exact) mass is 254 g/mol. The first-order valence-electron chi connectivity index (χ1n) is 7.87. The van der Waals surface area contributed by atoms with E-state index in [0.717, 1.165) is 19.6 Å². The van der Waals surface area contributed by atoms with Crippen molar-refractivity contribution in [2.24, 2.45) is 0 Å². The van der Waals surface area contributed by atoms with E-state index in [0.29, 0.717) is 0 Å². The summed E-state index contributed by atoms with van der Waals surface area (Å²) in [5.41, 5.74) is 0. The first-order valence-corrected chi connectivity index (χ1v) is 7.87. The summed E-state index contributed by atoms with van der Waals surface area (Å²) in [6.07, 6.45) is 13.5. The van der Waals surface area contributed by atoms with Crippen molar-refractivity contribution in [2.75, 3.05) is 19.6 Å². The summed E-state index contributed by atoms with van der Waals surface area (Å²) >= 11 is 0. The summed E-state index contributed by atoms with van der Waals surface area (Å²) in [6.45, 7) is 4.94. The number of nitrogens with one attached hydrogen (secondary N) is 1. The third-order valence-corrected chi connectivity index (χ3v) is 3.73. The Balaban J connectivity index is 1.77. The van der Waals surface area contributed by atoms with Gasteiger partial charge in [0.25, 0.3) is 0 Å². The highest BCUT2D eigenvalue weighted by Gasteiger charge is 2.17. The number of carbonyl (C=O) groups excluding carboxylic acids is 1. The van der Waals surface area contributed by atoms with E-state index in [1.165, 1.54) is 64.2 Å². The van der Waals surface area contributed by atoms with Crippen LogP contribution in [-0.4, -0.2) is 30.6 Å². The highest BCUT2D eigenvalue weighted by molar-refractivity contribution is 5.76. The zero-order valence-corrected chi connectivity index (χ0v) is 12.0. The van der Waals surface area contributed by atoms with E-state index in [2.05, 4.69) is 12.2 Å². The van der Waals surface area contributed by atoms with Gasteiger partial charge < -0.3 is 10.2 Å². The molecular formula is C15H30N2O. The molecule has 18 heavy (non-hydrogen) atoms. The Labute approximate surface area is 112 Å². The van der Waals surface area contributed by atoms with Crippen molar-refractivity contribution in [3.05, 3.63) is 0 Å². The van der Waals surface area contributed by atoms with Crippen LogP contribution >= 0.6 is 0 Å². The number of unbranched alkanes of at least 4 members (excludes halogenated alkanes) is 9. The maximum absolute atomic E-state index is 11.3. The largest absolute Gasteiger partial charge is 0.336 e. The lowest BCUT2D eigenvalue weighted by atomic mass is 10.1. The van der Waals surface area contributed by atoms with Crippen LogP contribution in [-0.2, 0) is 0 Å². The van der Waals surface area contributed by atoms with Crippen LogP contribution in [0, 0.1) is 0 Å². The second-order valence-corrected chi connectivity index (χ2v) is 5.40. The molecule has 0 saturated carbocycles. The highest BCUT2D eigenvalue weighted by Crippen LogP contribution is 2.11. The lowest BCUT2D eigenvalue weighted by Gasteiger charge is -2.13. The van der Waals surface area contributed by atoms with Gasteiger partial charge in [0, 0.05) is 19.6 Å². The first-order chi connectivity index (χ1) is 8.84. The van der Waals surface area contributed by atoms with E-state index in [1.807, 2.05) is 4.90 Å². The fraction of sp³-hybridized carbons (Fsp3) is 0.933. The lowest BCUT2D eigenvalue weighted by Crippen LogP contribution is -2.28. The third-order valence-electron chi connectivity index (χ3n) is 3.73. The molecule has 0 spiro atoms. The summed E-state index contributed by atoms with van der Waals surface area (Å²) in [6, 6.07) is 0.130. The van der Waals surface area contributed by atoms with Crippen molar-refractivity contribution in [3.8, 4) is 0 Å². The molecule has 0 bridgehead atoms. The second-order valence-electron chi connectivity index (χ2n) is 5.40. The third kappa shape index (κ3) is 6.87. The summed E-state index contributed by atoms with van der Waals surface area (Å²) in [5.74, 6) is 0. The van der Waals surface area contributed by atoms with Gasteiger partial charge in [-0.25, -0.2) is 4.79 Å². The number of carbonyl (C=O) groups is 1. The fourth-order valence-corrected chi connectivity index (χ4v) is 2.51. The first kappa shape index (κ1) is 15.3. The molecule has 0 aromatic carbocycles. The van der Waals surface area contributed by atoms with E-state index >= 15 is 0 Å². The molecule has 1 N–H and O–H groups in total. The van der Waals surface area contributed by atoms with Crippen molar-refractivity contribution < 1.29 is 4.79 Å². The van der Waals surface area contributed by atoms with Crippen LogP contribution in [0.25, 0.3) is 0 Å². The Morgan fingerprint density at radius 1 is 0.944 bits per heavy atom. The topological polar surface area (TPSA) is 32.3 Å². The minimum atomic E-state index is 0.130. The molecule has 0 unspecified atom stereocenters. The fourth-order valence-electron chi connectivity index (χ4n) is 2.51. The molecule has 0 aromatic rings. The smallest absolute Gasteiger partial charge is 0.317 e. The van der Waals surface area contributed by atoms with Crippen molar-refractivity contribution in [1.29, 1.82) is 0 Å². The Kier molecular flexibility index (Phi) is 8.70. The van der Waals surface area contributed by atoms with Crippen LogP contribution in [0.3, 0.4) is 0 Å². The zero-order valence-electron chi connectivity index (χ0n) is 12.0. The minimum absolute atomic E-state index is 0.130. The zero-order chi connectivity index (χ0) is 13.1. The molecule has 2 amide bonds. The van der Waals surface area contributed by atoms with Gasteiger partial charge in [-0.15, -0.1) is 0 Å². The van der Waals surface area contributed by atoms with E-state index in [-0.39, 0.29) is 6.03 Å². The predicted molar refractivity (Wildman–Crippen MR) is 76.8 cm³/mol. The molecule has 1 rings (SSSR count). The van der Waals surface area contributed by atoms with Gasteiger partial charge in [-0.1, -0.05) is 64.7 Å². The summed E-state index contributed by atoms with van der Waals surface area (Å²) in [5, 5.41) is 2.84. The maximum Gasteiger partial charge on any atom is 0.317 e. The molecule has 106 valence electrons. The Bertz CT molecular complexity index is 219. The van der Waals surface area contributed by atoms with Crippen LogP contribution < -0.4 is 5.32 Å². The average molecular weight is 254 g/mol. The molecule has 0 radical (unpaired) electrons. The minimum Gasteiger partial charge on any atom is -0.336 e. The Morgan fingerprint density at radius 3 is 2.00 bits per heavy atom. The normalized spacial score (nSPS) is 15.2. The Hall–Kier alpha value is -0.730. The number of hydrogen-bond donors (Lipinski definition) is 1. The van der Waals surface area contributed by atoms with Gasteiger partial charge in [0.2, 0.25) is 0 Å². The van der Waals surface area contributed by atoms with Crippen molar-refractivity contribution >= 4 is 6.03 Å². The predicted octanol–water partition coefficient (Wildman–Crippen LogP) is 3.93. The van der Waals surface area contributed by atoms with Crippen molar-refractivity contribution in [3.63, 3.8) is 0 Å². The van der Waals surface area contributed by atoms with E-state index in [1.54, 1.807) is 0 Å². The van der Waals surface area contributed by atoms with Crippen molar-refractivity contribution in [1.82, 2.24) is 10.2 Å². The molecule has 3 heteroatoms. The number of rotatable bonds is 11. The quantitative estimate of drug-likeness (QED) is 0.557. The Morgan fingerprint density at radius 2 is 1.50 bits per heavy atom. The standard InChI is InChI=1S/C15H30N2O/c1-2-3-4-5-6-7-8-9-10-11-13-17-14-12-16-15(17)18/h2-14H2,1H3,(H,16,18). The van der Waals surface area contributed by atoms with Crippen LogP contribution in [0.5, 0.6) is 0 Å². The molecule has 0 atom stereocenters. The van der Waals surface area contributed by atoms with Crippen LogP contribution in [0.1, 0.15) is 71.1 Å². The van der Waals surface area contributed by atoms with Crippen LogP contribution in [0.15, 0.2) is 0 Å². The van der Waals surface area contributed by atoms with Gasteiger partial charge in [-0.2, -0.15) is 0 Å². The number of amides is 2. The van der Waals surface area contributed by atoms with Gasteiger partial charge in [-0.05, 0) is 6.42 Å². The molecule has 1 saturated heterocycles. The summed E-state index contributed by atoms with van der Waals surface area (Å²) in [4.78, 5) is 13.2. The van der Waals surface area contributed by atoms with Gasteiger partial charge in [0.05, 0.1) is 0 Å². The molecule has 1 aliphatic heterocycles. The van der Waals surface area contributed by atoms with Crippen molar-refractivity contribution in [2.45, 2.75) is 71.1 Å². The van der Waals surface area contributed by atoms with Gasteiger partial charge in [-0.3, -0.25) is 0 Å². The summed E-state index contributed by atoms with van der Waals surface area (Å²) < 4.78 is 0. The van der Waals surface area contributed by atoms with Gasteiger partial charge >= 0.3 is 6.03 Å². The second kappa shape index (κ2) is 10.2. The SMILES string of the molecule is CCCCCCCCCCCCN1CCNC1=O. The van der Waals surface area contributed by atoms with E-state index < -0.39 is 0 Å². The number of hydrogen-bond acceptors (Lipinski definition) is 1. The van der Waals surface area contributed by atoms with Gasteiger partial charge in [0.15, 0.2) is 0 Å². The number of urea groups is 1. The lowest BCUT2D eigenvalue weighted by molar-refractivity contribution is 0.216. The average Bonchev–Trinajstić information content (AvgIpc) is 2.77. The molecule has 1 heterocycles. The highest BCUT2D eigenvalue weighted by atomic mass is 16.2. The molecule has 0 aliphatic carbocycles. The van der Waals surface area contributed by atoms with E-state index in [4.69, 9.17) is 0 Å². The maximum atomic E-state index is 11.3. The molecule has 0 aromatic heterocycles. The van der Waals surface area contributed by atoms with Crippen LogP contribution in [0.2, 0.25) is 0 Å². The summed E-state index contributed by atoms with van der Waals surface area (Å²) in [7, 11) is 0. The van der Waals surface area contributed by atoms with Gasteiger partial charge in [0.1, 0.15) is 0 Å². The molecule has 1 aliphatic rings. The molecule has 1 fully saturated rings. The number of nitrogens with zero attached hydrogens (tertiary/aromatic N) is 1. The van der Waals surface area contributed by atoms with E-state index in [9.17, 15) is 4.79 Å². The molecular weight excluding hydrogens is 224 g/mol. The van der Waals surface area contributed by atoms with Crippen LogP contribution in [0.4, 0.5) is 4.79 Å². The molecule has 3 nitrogen and oxygen atoms in total.